The third kappa shape index (κ3) is 3.02. The molecule has 1 fully saturated rings. The van der Waals surface area contributed by atoms with Crippen LogP contribution in [0.5, 0.6) is 0 Å². The highest BCUT2D eigenvalue weighted by molar-refractivity contribution is 5.86. The second-order valence-electron chi connectivity index (χ2n) is 5.24. The van der Waals surface area contributed by atoms with Crippen LogP contribution in [0.25, 0.3) is 10.8 Å². The summed E-state index contributed by atoms with van der Waals surface area (Å²) in [6.07, 6.45) is 3.36. The molecule has 2 heteroatoms. The molecule has 2 nitrogen and oxygen atoms in total. The minimum Gasteiger partial charge on any atom is -0.378 e. The molecule has 1 unspecified atom stereocenters. The molecular weight excluding hydrogens is 236 g/mol. The van der Waals surface area contributed by atoms with E-state index in [0.29, 0.717) is 12.8 Å². The minimum absolute atomic E-state index is 0.160. The van der Waals surface area contributed by atoms with Gasteiger partial charge in [0.2, 0.25) is 0 Å². The van der Waals surface area contributed by atoms with E-state index in [1.54, 1.807) is 0 Å². The van der Waals surface area contributed by atoms with Crippen molar-refractivity contribution < 1.29 is 9.53 Å². The van der Waals surface area contributed by atoms with Crippen molar-refractivity contribution in [2.75, 3.05) is 6.61 Å². The molecule has 1 heterocycles. The molecule has 0 bridgehead atoms. The molecular formula is C17H18O2. The summed E-state index contributed by atoms with van der Waals surface area (Å²) >= 11 is 0. The minimum atomic E-state index is 0.160. The highest BCUT2D eigenvalue weighted by atomic mass is 16.5. The van der Waals surface area contributed by atoms with Crippen LogP contribution >= 0.6 is 0 Å². The van der Waals surface area contributed by atoms with Gasteiger partial charge >= 0.3 is 0 Å². The van der Waals surface area contributed by atoms with E-state index in [1.807, 2.05) is 12.1 Å². The van der Waals surface area contributed by atoms with E-state index in [0.717, 1.165) is 25.0 Å². The third-order valence-electron chi connectivity index (χ3n) is 3.69. The summed E-state index contributed by atoms with van der Waals surface area (Å²) in [5, 5.41) is 2.42. The molecule has 0 amide bonds. The van der Waals surface area contributed by atoms with Gasteiger partial charge in [-0.15, -0.1) is 0 Å². The van der Waals surface area contributed by atoms with Gasteiger partial charge in [0.05, 0.1) is 6.10 Å². The largest absolute Gasteiger partial charge is 0.378 e. The second kappa shape index (κ2) is 5.54. The van der Waals surface area contributed by atoms with Crippen molar-refractivity contribution in [2.24, 2.45) is 0 Å². The zero-order valence-corrected chi connectivity index (χ0v) is 11.0. The lowest BCUT2D eigenvalue weighted by molar-refractivity contribution is -0.120. The maximum atomic E-state index is 12.0. The van der Waals surface area contributed by atoms with Crippen molar-refractivity contribution in [3.63, 3.8) is 0 Å². The topological polar surface area (TPSA) is 26.3 Å². The number of hydrogen-bond acceptors (Lipinski definition) is 2. The number of benzene rings is 2. The lowest BCUT2D eigenvalue weighted by Crippen LogP contribution is -2.14. The van der Waals surface area contributed by atoms with Gasteiger partial charge in [-0.3, -0.25) is 4.79 Å². The lowest BCUT2D eigenvalue weighted by Gasteiger charge is -2.08. The number of carbonyl (C=O) groups is 1. The quantitative estimate of drug-likeness (QED) is 0.834. The normalized spacial score (nSPS) is 18.8. The first kappa shape index (κ1) is 12.4. The van der Waals surface area contributed by atoms with E-state index in [-0.39, 0.29) is 11.9 Å². The van der Waals surface area contributed by atoms with E-state index in [1.165, 1.54) is 10.8 Å². The highest BCUT2D eigenvalue weighted by Gasteiger charge is 2.19. The van der Waals surface area contributed by atoms with E-state index >= 15 is 0 Å². The molecule has 0 spiro atoms. The summed E-state index contributed by atoms with van der Waals surface area (Å²) in [5.41, 5.74) is 1.10. The van der Waals surface area contributed by atoms with Crippen LogP contribution in [-0.2, 0) is 16.0 Å². The monoisotopic (exact) mass is 254 g/mol. The van der Waals surface area contributed by atoms with Gasteiger partial charge in [0.1, 0.15) is 5.78 Å². The Bertz CT molecular complexity index is 583. The van der Waals surface area contributed by atoms with Crippen molar-refractivity contribution in [3.8, 4) is 0 Å². The number of carbonyl (C=O) groups excluding carboxylic acids is 1. The van der Waals surface area contributed by atoms with Gasteiger partial charge in [-0.2, -0.15) is 0 Å². The fourth-order valence-corrected chi connectivity index (χ4v) is 2.71. The number of fused-ring (bicyclic) bond motifs is 1. The first-order valence-electron chi connectivity index (χ1n) is 6.92. The first-order chi connectivity index (χ1) is 9.31. The molecule has 1 atom stereocenters. The Morgan fingerprint density at radius 3 is 2.79 bits per heavy atom. The zero-order valence-electron chi connectivity index (χ0n) is 11.0. The van der Waals surface area contributed by atoms with Gasteiger partial charge in [-0.1, -0.05) is 42.5 Å². The molecule has 98 valence electrons. The molecule has 1 aliphatic heterocycles. The second-order valence-corrected chi connectivity index (χ2v) is 5.24. The molecule has 1 aliphatic rings. The van der Waals surface area contributed by atoms with Crippen LogP contribution in [0.15, 0.2) is 42.5 Å². The fourth-order valence-electron chi connectivity index (χ4n) is 2.71. The van der Waals surface area contributed by atoms with Crippen LogP contribution in [0.4, 0.5) is 0 Å². The highest BCUT2D eigenvalue weighted by Crippen LogP contribution is 2.19. The van der Waals surface area contributed by atoms with Crippen LogP contribution < -0.4 is 0 Å². The van der Waals surface area contributed by atoms with Gasteiger partial charge in [0.15, 0.2) is 0 Å². The average molecular weight is 254 g/mol. The predicted octanol–water partition coefficient (Wildman–Crippen LogP) is 3.52. The maximum Gasteiger partial charge on any atom is 0.139 e. The summed E-state index contributed by atoms with van der Waals surface area (Å²) in [7, 11) is 0. The standard InChI is InChI=1S/C17H18O2/c18-16(12-17-6-3-9-19-17)11-13-7-8-14-4-1-2-5-15(14)10-13/h1-2,4-5,7-8,10,17H,3,6,9,11-12H2. The molecule has 19 heavy (non-hydrogen) atoms. The van der Waals surface area contributed by atoms with Gasteiger partial charge in [0.25, 0.3) is 0 Å². The Morgan fingerprint density at radius 1 is 1.16 bits per heavy atom. The Labute approximate surface area is 113 Å². The Morgan fingerprint density at radius 2 is 2.00 bits per heavy atom. The van der Waals surface area contributed by atoms with Crippen LogP contribution in [0.3, 0.4) is 0 Å². The summed E-state index contributed by atoms with van der Waals surface area (Å²) in [4.78, 5) is 12.0. The van der Waals surface area contributed by atoms with Gasteiger partial charge in [0, 0.05) is 19.4 Å². The SMILES string of the molecule is O=C(Cc1ccc2ccccc2c1)CC1CCCO1. The van der Waals surface area contributed by atoms with Crippen LogP contribution in [0.2, 0.25) is 0 Å². The predicted molar refractivity (Wildman–Crippen MR) is 76.3 cm³/mol. The molecule has 0 N–H and O–H groups in total. The third-order valence-corrected chi connectivity index (χ3v) is 3.69. The first-order valence-corrected chi connectivity index (χ1v) is 6.92. The Balaban J connectivity index is 1.68. The van der Waals surface area contributed by atoms with E-state index < -0.39 is 0 Å². The fraction of sp³-hybridized carbons (Fsp3) is 0.353. The number of rotatable bonds is 4. The van der Waals surface area contributed by atoms with E-state index in [2.05, 4.69) is 30.3 Å². The molecule has 0 radical (unpaired) electrons. The summed E-state index contributed by atoms with van der Waals surface area (Å²) in [6, 6.07) is 14.5. The zero-order chi connectivity index (χ0) is 13.1. The number of Topliss-reactive ketones (excluding diaryl/α,β-unsaturated/α-hetero) is 1. The molecule has 2 aromatic rings. The Kier molecular flexibility index (Phi) is 3.60. The maximum absolute atomic E-state index is 12.0. The van der Waals surface area contributed by atoms with Gasteiger partial charge < -0.3 is 4.74 Å². The smallest absolute Gasteiger partial charge is 0.139 e. The molecule has 0 saturated carbocycles. The molecule has 0 aromatic heterocycles. The van der Waals surface area contributed by atoms with Crippen LogP contribution in [0, 0.1) is 0 Å². The van der Waals surface area contributed by atoms with Crippen molar-refractivity contribution in [3.05, 3.63) is 48.0 Å². The summed E-state index contributed by atoms with van der Waals surface area (Å²) in [5.74, 6) is 0.280. The number of ether oxygens (including phenoxy) is 1. The van der Waals surface area contributed by atoms with Gasteiger partial charge in [-0.25, -0.2) is 0 Å². The molecule has 0 aliphatic carbocycles. The number of hydrogen-bond donors (Lipinski definition) is 0. The van der Waals surface area contributed by atoms with E-state index in [9.17, 15) is 4.79 Å². The van der Waals surface area contributed by atoms with Crippen molar-refractivity contribution >= 4 is 16.6 Å². The van der Waals surface area contributed by atoms with Crippen molar-refractivity contribution in [1.82, 2.24) is 0 Å². The average Bonchev–Trinajstić information content (AvgIpc) is 2.91. The van der Waals surface area contributed by atoms with Crippen LogP contribution in [-0.4, -0.2) is 18.5 Å². The van der Waals surface area contributed by atoms with Crippen molar-refractivity contribution in [2.45, 2.75) is 31.8 Å². The van der Waals surface area contributed by atoms with Crippen LogP contribution in [0.1, 0.15) is 24.8 Å². The lowest BCUT2D eigenvalue weighted by atomic mass is 10.0. The van der Waals surface area contributed by atoms with Gasteiger partial charge in [-0.05, 0) is 29.2 Å². The van der Waals surface area contributed by atoms with E-state index in [4.69, 9.17) is 4.74 Å². The molecule has 2 aromatic carbocycles. The summed E-state index contributed by atoms with van der Waals surface area (Å²) < 4.78 is 5.51. The summed E-state index contributed by atoms with van der Waals surface area (Å²) in [6.45, 7) is 0.813. The molecule has 3 rings (SSSR count). The molecule has 1 saturated heterocycles. The number of ketones is 1. The Hall–Kier alpha value is -1.67. The van der Waals surface area contributed by atoms with Crippen molar-refractivity contribution in [1.29, 1.82) is 0 Å².